The van der Waals surface area contributed by atoms with Crippen molar-refractivity contribution in [2.45, 2.75) is 45.7 Å². The first kappa shape index (κ1) is 17.2. The molecule has 0 aliphatic carbocycles. The number of fused-ring (bicyclic) bond motifs is 1. The molecule has 4 heteroatoms. The summed E-state index contributed by atoms with van der Waals surface area (Å²) in [5.41, 5.74) is 3.79. The van der Waals surface area contributed by atoms with Crippen molar-refractivity contribution in [1.82, 2.24) is 10.2 Å². The minimum absolute atomic E-state index is 0.0485. The first-order valence-electron chi connectivity index (χ1n) is 8.76. The molecule has 128 valence electrons. The lowest BCUT2D eigenvalue weighted by atomic mass is 9.90. The Balaban J connectivity index is 1.91. The molecule has 0 saturated heterocycles. The topological polar surface area (TPSA) is 32.3 Å². The lowest BCUT2D eigenvalue weighted by molar-refractivity contribution is -0.132. The molecule has 3 nitrogen and oxygen atoms in total. The summed E-state index contributed by atoms with van der Waals surface area (Å²) in [6, 6.07) is 11.0. The number of nitrogens with zero attached hydrogens (tertiary/aromatic N) is 1. The van der Waals surface area contributed by atoms with Crippen molar-refractivity contribution in [3.05, 3.63) is 57.3 Å². The maximum absolute atomic E-state index is 12.9. The maximum Gasteiger partial charge on any atom is 0.237 e. The van der Waals surface area contributed by atoms with Crippen LogP contribution in [0.5, 0.6) is 0 Å². The number of thiophene rings is 1. The van der Waals surface area contributed by atoms with E-state index in [2.05, 4.69) is 66.7 Å². The Morgan fingerprint density at radius 3 is 2.88 bits per heavy atom. The van der Waals surface area contributed by atoms with Crippen molar-refractivity contribution < 1.29 is 4.79 Å². The van der Waals surface area contributed by atoms with E-state index in [0.717, 1.165) is 19.4 Å². The van der Waals surface area contributed by atoms with Gasteiger partial charge in [-0.25, -0.2) is 0 Å². The summed E-state index contributed by atoms with van der Waals surface area (Å²) in [7, 11) is 0. The number of benzene rings is 1. The number of nitrogens with one attached hydrogen (secondary N) is 1. The zero-order chi connectivity index (χ0) is 17.1. The fourth-order valence-electron chi connectivity index (χ4n) is 3.32. The van der Waals surface area contributed by atoms with E-state index in [1.807, 2.05) is 11.3 Å². The summed E-state index contributed by atoms with van der Waals surface area (Å²) in [4.78, 5) is 16.4. The van der Waals surface area contributed by atoms with Crippen LogP contribution in [0.15, 0.2) is 35.7 Å². The lowest BCUT2D eigenvalue weighted by Crippen LogP contribution is -2.45. The van der Waals surface area contributed by atoms with Crippen molar-refractivity contribution in [3.63, 3.8) is 0 Å². The third-order valence-electron chi connectivity index (χ3n) is 4.98. The fraction of sp³-hybridized carbons (Fsp3) is 0.450. The molecule has 2 aromatic rings. The van der Waals surface area contributed by atoms with Gasteiger partial charge in [-0.2, -0.15) is 0 Å². The Morgan fingerprint density at radius 2 is 2.12 bits per heavy atom. The molecular weight excluding hydrogens is 316 g/mol. The molecule has 1 aliphatic rings. The molecule has 0 bridgehead atoms. The second-order valence-electron chi connectivity index (χ2n) is 6.59. The molecule has 1 aromatic heterocycles. The van der Waals surface area contributed by atoms with E-state index in [1.54, 1.807) is 0 Å². The van der Waals surface area contributed by atoms with Gasteiger partial charge in [-0.15, -0.1) is 11.3 Å². The second-order valence-corrected chi connectivity index (χ2v) is 7.59. The molecule has 2 atom stereocenters. The number of carbonyl (C=O) groups is 1. The van der Waals surface area contributed by atoms with Crippen LogP contribution in [0.1, 0.15) is 47.9 Å². The van der Waals surface area contributed by atoms with Crippen molar-refractivity contribution >= 4 is 17.2 Å². The van der Waals surface area contributed by atoms with E-state index in [0.29, 0.717) is 12.6 Å². The molecule has 0 unspecified atom stereocenters. The van der Waals surface area contributed by atoms with Gasteiger partial charge in [-0.05, 0) is 54.8 Å². The first-order chi connectivity index (χ1) is 11.6. The number of hydrogen-bond donors (Lipinski definition) is 1. The first-order valence-corrected chi connectivity index (χ1v) is 9.64. The Kier molecular flexibility index (Phi) is 5.36. The van der Waals surface area contributed by atoms with E-state index in [-0.39, 0.29) is 11.9 Å². The van der Waals surface area contributed by atoms with Crippen molar-refractivity contribution in [2.75, 3.05) is 13.1 Å². The molecule has 24 heavy (non-hydrogen) atoms. The molecule has 0 saturated carbocycles. The molecule has 1 aromatic carbocycles. The van der Waals surface area contributed by atoms with Crippen LogP contribution in [0, 0.1) is 6.92 Å². The highest BCUT2D eigenvalue weighted by Gasteiger charge is 2.33. The van der Waals surface area contributed by atoms with Crippen LogP contribution in [-0.2, 0) is 11.2 Å². The van der Waals surface area contributed by atoms with Gasteiger partial charge in [0.2, 0.25) is 5.91 Å². The fourth-order valence-corrected chi connectivity index (χ4v) is 4.23. The quantitative estimate of drug-likeness (QED) is 0.893. The highest BCUT2D eigenvalue weighted by atomic mass is 32.1. The average Bonchev–Trinajstić information content (AvgIpc) is 3.07. The number of aryl methyl sites for hydroxylation is 1. The maximum atomic E-state index is 12.9. The molecule has 1 aliphatic heterocycles. The van der Waals surface area contributed by atoms with Gasteiger partial charge in [0.05, 0.1) is 12.6 Å². The van der Waals surface area contributed by atoms with Crippen LogP contribution >= 0.6 is 11.3 Å². The monoisotopic (exact) mass is 342 g/mol. The zero-order valence-corrected chi connectivity index (χ0v) is 15.5. The van der Waals surface area contributed by atoms with Gasteiger partial charge in [0, 0.05) is 17.5 Å². The van der Waals surface area contributed by atoms with Gasteiger partial charge >= 0.3 is 0 Å². The molecule has 0 fully saturated rings. The predicted molar refractivity (Wildman–Crippen MR) is 101 cm³/mol. The van der Waals surface area contributed by atoms with Crippen molar-refractivity contribution in [2.24, 2.45) is 0 Å². The van der Waals surface area contributed by atoms with E-state index >= 15 is 0 Å². The minimum Gasteiger partial charge on any atom is -0.330 e. The summed E-state index contributed by atoms with van der Waals surface area (Å²) in [6.45, 7) is 7.61. The van der Waals surface area contributed by atoms with E-state index in [9.17, 15) is 4.79 Å². The third kappa shape index (κ3) is 3.40. The number of amides is 1. The summed E-state index contributed by atoms with van der Waals surface area (Å²) in [5.74, 6) is 0.195. The lowest BCUT2D eigenvalue weighted by Gasteiger charge is -2.37. The van der Waals surface area contributed by atoms with Gasteiger partial charge in [0.1, 0.15) is 0 Å². The summed E-state index contributed by atoms with van der Waals surface area (Å²) in [5, 5.41) is 5.50. The number of hydrogen-bond acceptors (Lipinski definition) is 3. The molecule has 1 amide bonds. The van der Waals surface area contributed by atoms with E-state index in [4.69, 9.17) is 0 Å². The Labute approximate surface area is 148 Å². The van der Waals surface area contributed by atoms with Gasteiger partial charge in [0.15, 0.2) is 0 Å². The summed E-state index contributed by atoms with van der Waals surface area (Å²) in [6.07, 6.45) is 1.99. The Bertz CT molecular complexity index is 709. The van der Waals surface area contributed by atoms with Gasteiger partial charge in [-0.3, -0.25) is 4.79 Å². The van der Waals surface area contributed by atoms with E-state index < -0.39 is 0 Å². The predicted octanol–water partition coefficient (Wildman–Crippen LogP) is 3.92. The van der Waals surface area contributed by atoms with Gasteiger partial charge < -0.3 is 10.2 Å². The van der Waals surface area contributed by atoms with Crippen LogP contribution in [-0.4, -0.2) is 29.9 Å². The normalized spacial score (nSPS) is 18.3. The highest BCUT2D eigenvalue weighted by Crippen LogP contribution is 2.38. The van der Waals surface area contributed by atoms with Crippen LogP contribution in [0.3, 0.4) is 0 Å². The summed E-state index contributed by atoms with van der Waals surface area (Å²) >= 11 is 1.81. The smallest absolute Gasteiger partial charge is 0.237 e. The summed E-state index contributed by atoms with van der Waals surface area (Å²) < 4.78 is 0. The van der Waals surface area contributed by atoms with Gasteiger partial charge in [0.25, 0.3) is 0 Å². The Hall–Kier alpha value is -1.65. The zero-order valence-electron chi connectivity index (χ0n) is 14.7. The molecule has 3 rings (SSSR count). The number of carbonyl (C=O) groups excluding carboxylic acids is 1. The van der Waals surface area contributed by atoms with Crippen LogP contribution in [0.25, 0.3) is 0 Å². The molecule has 0 spiro atoms. The largest absolute Gasteiger partial charge is 0.330 e. The number of rotatable bonds is 5. The third-order valence-corrected chi connectivity index (χ3v) is 5.98. The second kappa shape index (κ2) is 7.49. The molecular formula is C20H26N2OS. The molecule has 0 radical (unpaired) electrons. The molecule has 2 heterocycles. The van der Waals surface area contributed by atoms with Crippen molar-refractivity contribution in [1.29, 1.82) is 0 Å². The van der Waals surface area contributed by atoms with E-state index in [1.165, 1.54) is 21.6 Å². The van der Waals surface area contributed by atoms with Crippen LogP contribution in [0.2, 0.25) is 0 Å². The Morgan fingerprint density at radius 1 is 1.33 bits per heavy atom. The standard InChI is InChI=1S/C20H26N2OS/c1-4-15(3)21-13-19(23)22-11-9-18-17(10-12-24-18)20(22)16-8-6-5-7-14(16)2/h5-8,10,12,15,20-21H,4,9,11,13H2,1-3H3/t15-,20-/m1/s1. The van der Waals surface area contributed by atoms with Crippen molar-refractivity contribution in [3.8, 4) is 0 Å². The molecule has 1 N–H and O–H groups in total. The van der Waals surface area contributed by atoms with Crippen LogP contribution < -0.4 is 5.32 Å². The minimum atomic E-state index is 0.0485. The van der Waals surface area contributed by atoms with Gasteiger partial charge in [-0.1, -0.05) is 31.2 Å². The SMILES string of the molecule is CC[C@@H](C)NCC(=O)N1CCc2sccc2[C@H]1c1ccccc1C. The average molecular weight is 343 g/mol. The highest BCUT2D eigenvalue weighted by molar-refractivity contribution is 7.10. The van der Waals surface area contributed by atoms with Crippen LogP contribution in [0.4, 0.5) is 0 Å².